The first-order valence-corrected chi connectivity index (χ1v) is 9.04. The van der Waals surface area contributed by atoms with Crippen molar-refractivity contribution < 1.29 is 27.5 Å². The average Bonchev–Trinajstić information content (AvgIpc) is 2.64. The highest BCUT2D eigenvalue weighted by molar-refractivity contribution is 6.31. The van der Waals surface area contributed by atoms with E-state index in [9.17, 15) is 22.8 Å². The summed E-state index contributed by atoms with van der Waals surface area (Å²) in [5, 5.41) is 4.76. The zero-order chi connectivity index (χ0) is 21.6. The second-order valence-electron chi connectivity index (χ2n) is 6.03. The number of carbonyl (C=O) groups excluding carboxylic acids is 2. The van der Waals surface area contributed by atoms with Crippen LogP contribution in [0.25, 0.3) is 0 Å². The van der Waals surface area contributed by atoms with E-state index in [4.69, 9.17) is 16.3 Å². The topological polar surface area (TPSA) is 80.3 Å². The summed E-state index contributed by atoms with van der Waals surface area (Å²) >= 11 is 5.55. The fraction of sp³-hybridized carbons (Fsp3) is 0.316. The molecular formula is C19H19ClF3N3O3. The van der Waals surface area contributed by atoms with E-state index in [1.807, 2.05) is 0 Å². The van der Waals surface area contributed by atoms with Crippen molar-refractivity contribution in [3.05, 3.63) is 52.2 Å². The predicted molar refractivity (Wildman–Crippen MR) is 102 cm³/mol. The number of ether oxygens (including phenoxy) is 1. The highest BCUT2D eigenvalue weighted by Gasteiger charge is 2.33. The molecule has 0 spiro atoms. The van der Waals surface area contributed by atoms with Crippen LogP contribution in [0.5, 0.6) is 5.75 Å². The number of anilines is 1. The first-order valence-electron chi connectivity index (χ1n) is 8.66. The lowest BCUT2D eigenvalue weighted by Crippen LogP contribution is -2.28. The first kappa shape index (κ1) is 22.5. The molecule has 0 atom stereocenters. The van der Waals surface area contributed by atoms with Gasteiger partial charge in [-0.1, -0.05) is 18.5 Å². The van der Waals surface area contributed by atoms with Crippen molar-refractivity contribution in [3.8, 4) is 5.75 Å². The van der Waals surface area contributed by atoms with Gasteiger partial charge in [-0.2, -0.15) is 13.2 Å². The Balaban J connectivity index is 1.93. The maximum absolute atomic E-state index is 12.8. The molecule has 29 heavy (non-hydrogen) atoms. The third-order valence-corrected chi connectivity index (χ3v) is 4.03. The van der Waals surface area contributed by atoms with Crippen LogP contribution in [-0.2, 0) is 11.0 Å². The van der Waals surface area contributed by atoms with Crippen molar-refractivity contribution in [1.29, 1.82) is 0 Å². The summed E-state index contributed by atoms with van der Waals surface area (Å²) in [6, 6.07) is 6.20. The number of rotatable bonds is 7. The molecule has 0 aliphatic rings. The Labute approximate surface area is 170 Å². The molecule has 0 saturated heterocycles. The summed E-state index contributed by atoms with van der Waals surface area (Å²) in [7, 11) is 0. The molecule has 2 aromatic rings. The second-order valence-corrected chi connectivity index (χ2v) is 6.44. The number of carbonyl (C=O) groups is 2. The number of nitrogens with zero attached hydrogens (tertiary/aromatic N) is 1. The van der Waals surface area contributed by atoms with Gasteiger partial charge in [0.1, 0.15) is 18.2 Å². The molecule has 6 nitrogen and oxygen atoms in total. The number of aromatic nitrogens is 1. The maximum Gasteiger partial charge on any atom is 0.417 e. The van der Waals surface area contributed by atoms with Gasteiger partial charge in [0.05, 0.1) is 17.1 Å². The van der Waals surface area contributed by atoms with Crippen LogP contribution < -0.4 is 15.4 Å². The molecule has 1 aromatic heterocycles. The van der Waals surface area contributed by atoms with Crippen LogP contribution in [0, 0.1) is 6.92 Å². The molecule has 156 valence electrons. The van der Waals surface area contributed by atoms with E-state index in [2.05, 4.69) is 15.6 Å². The average molecular weight is 430 g/mol. The molecule has 2 N–H and O–H groups in total. The van der Waals surface area contributed by atoms with E-state index in [1.54, 1.807) is 19.9 Å². The summed E-state index contributed by atoms with van der Waals surface area (Å²) in [4.78, 5) is 27.9. The Kier molecular flexibility index (Phi) is 7.44. The number of nitrogens with one attached hydrogen (secondary N) is 2. The minimum absolute atomic E-state index is 0.0136. The number of amides is 2. The Morgan fingerprint density at radius 1 is 1.21 bits per heavy atom. The fourth-order valence-corrected chi connectivity index (χ4v) is 2.57. The molecule has 1 heterocycles. The molecule has 0 aliphatic heterocycles. The number of aryl methyl sites for hydroxylation is 1. The van der Waals surface area contributed by atoms with Gasteiger partial charge in [-0.3, -0.25) is 9.59 Å². The van der Waals surface area contributed by atoms with E-state index in [-0.39, 0.29) is 42.6 Å². The van der Waals surface area contributed by atoms with Gasteiger partial charge < -0.3 is 15.4 Å². The van der Waals surface area contributed by atoms with Gasteiger partial charge in [-0.25, -0.2) is 4.98 Å². The second kappa shape index (κ2) is 9.60. The van der Waals surface area contributed by atoms with Gasteiger partial charge in [-0.15, -0.1) is 0 Å². The quantitative estimate of drug-likeness (QED) is 0.646. The van der Waals surface area contributed by atoms with Crippen LogP contribution in [0.1, 0.15) is 35.0 Å². The normalized spacial score (nSPS) is 11.1. The largest absolute Gasteiger partial charge is 0.492 e. The van der Waals surface area contributed by atoms with Crippen molar-refractivity contribution in [2.45, 2.75) is 26.4 Å². The molecule has 2 rings (SSSR count). The molecule has 0 radical (unpaired) electrons. The Bertz CT molecular complexity index is 904. The molecule has 0 fully saturated rings. The summed E-state index contributed by atoms with van der Waals surface area (Å²) in [5.74, 6) is -0.415. The van der Waals surface area contributed by atoms with Gasteiger partial charge in [-0.05, 0) is 37.3 Å². The van der Waals surface area contributed by atoms with Crippen molar-refractivity contribution in [1.82, 2.24) is 10.3 Å². The predicted octanol–water partition coefficient (Wildman–Crippen LogP) is 4.22. The van der Waals surface area contributed by atoms with Crippen LogP contribution in [0.3, 0.4) is 0 Å². The number of hydrogen-bond donors (Lipinski definition) is 2. The van der Waals surface area contributed by atoms with Crippen molar-refractivity contribution >= 4 is 29.2 Å². The molecule has 2 amide bonds. The van der Waals surface area contributed by atoms with Crippen LogP contribution in [-0.4, -0.2) is 29.9 Å². The first-order chi connectivity index (χ1) is 13.6. The summed E-state index contributed by atoms with van der Waals surface area (Å²) in [6.45, 7) is 3.38. The summed E-state index contributed by atoms with van der Waals surface area (Å²) in [6.07, 6.45) is -4.32. The van der Waals surface area contributed by atoms with Gasteiger partial charge in [0.15, 0.2) is 0 Å². The molecule has 0 saturated carbocycles. The lowest BCUT2D eigenvalue weighted by molar-refractivity contribution is -0.137. The van der Waals surface area contributed by atoms with E-state index >= 15 is 0 Å². The third kappa shape index (κ3) is 6.63. The Morgan fingerprint density at radius 3 is 2.59 bits per heavy atom. The van der Waals surface area contributed by atoms with Crippen LogP contribution in [0.15, 0.2) is 30.3 Å². The third-order valence-electron chi connectivity index (χ3n) is 3.70. The summed E-state index contributed by atoms with van der Waals surface area (Å²) < 4.78 is 43.8. The number of halogens is 4. The number of alkyl halides is 3. The molecular weight excluding hydrogens is 411 g/mol. The SMILES string of the molecule is CCC(=O)Nc1cc(C(=O)NCCOc2ccc(Cl)c(C(F)(F)F)c2)cc(C)n1. The van der Waals surface area contributed by atoms with Gasteiger partial charge in [0.2, 0.25) is 5.91 Å². The highest BCUT2D eigenvalue weighted by atomic mass is 35.5. The van der Waals surface area contributed by atoms with E-state index < -0.39 is 22.7 Å². The standard InChI is InChI=1S/C19H19ClF3N3O3/c1-3-17(27)26-16-9-12(8-11(2)25-16)18(28)24-6-7-29-13-4-5-15(20)14(10-13)19(21,22)23/h4-5,8-10H,3,6-7H2,1-2H3,(H,24,28)(H,25,26,27). The lowest BCUT2D eigenvalue weighted by Gasteiger charge is -2.12. The van der Waals surface area contributed by atoms with Crippen molar-refractivity contribution in [3.63, 3.8) is 0 Å². The molecule has 0 bridgehead atoms. The number of benzene rings is 1. The zero-order valence-corrected chi connectivity index (χ0v) is 16.4. The lowest BCUT2D eigenvalue weighted by atomic mass is 10.2. The van der Waals surface area contributed by atoms with Crippen LogP contribution >= 0.6 is 11.6 Å². The molecule has 0 aliphatic carbocycles. The molecule has 0 unspecified atom stereocenters. The number of pyridine rings is 1. The van der Waals surface area contributed by atoms with Gasteiger partial charge >= 0.3 is 6.18 Å². The maximum atomic E-state index is 12.8. The van der Waals surface area contributed by atoms with Crippen LogP contribution in [0.2, 0.25) is 5.02 Å². The molecule has 1 aromatic carbocycles. The minimum Gasteiger partial charge on any atom is -0.492 e. The Morgan fingerprint density at radius 2 is 1.93 bits per heavy atom. The highest BCUT2D eigenvalue weighted by Crippen LogP contribution is 2.36. The van der Waals surface area contributed by atoms with Crippen LogP contribution in [0.4, 0.5) is 19.0 Å². The van der Waals surface area contributed by atoms with Gasteiger partial charge in [0.25, 0.3) is 5.91 Å². The summed E-state index contributed by atoms with van der Waals surface area (Å²) in [5.41, 5.74) is -0.162. The minimum atomic E-state index is -4.59. The molecule has 10 heteroatoms. The van der Waals surface area contributed by atoms with E-state index in [0.717, 1.165) is 12.1 Å². The zero-order valence-electron chi connectivity index (χ0n) is 15.7. The van der Waals surface area contributed by atoms with Crippen molar-refractivity contribution in [2.24, 2.45) is 0 Å². The Hall–Kier alpha value is -2.81. The fourth-order valence-electron chi connectivity index (χ4n) is 2.34. The monoisotopic (exact) mass is 429 g/mol. The van der Waals surface area contributed by atoms with E-state index in [0.29, 0.717) is 5.69 Å². The number of hydrogen-bond acceptors (Lipinski definition) is 4. The van der Waals surface area contributed by atoms with Gasteiger partial charge in [0, 0.05) is 17.7 Å². The van der Waals surface area contributed by atoms with E-state index in [1.165, 1.54) is 12.1 Å². The smallest absolute Gasteiger partial charge is 0.417 e. The van der Waals surface area contributed by atoms with Crippen molar-refractivity contribution in [2.75, 3.05) is 18.5 Å².